The topological polar surface area (TPSA) is 67.7 Å². The van der Waals surface area contributed by atoms with E-state index < -0.39 is 0 Å². The molecule has 148 valence electrons. The van der Waals surface area contributed by atoms with Gasteiger partial charge in [-0.25, -0.2) is 0 Å². The van der Waals surface area contributed by atoms with Crippen molar-refractivity contribution in [3.05, 3.63) is 53.9 Å². The minimum absolute atomic E-state index is 0.0439. The average molecular weight is 382 g/mol. The molecule has 2 amide bonds. The Labute approximate surface area is 164 Å². The zero-order valence-electron chi connectivity index (χ0n) is 16.2. The third kappa shape index (κ3) is 3.80. The lowest BCUT2D eigenvalue weighted by atomic mass is 9.94. The molecular formula is C21H26N4O3. The number of ether oxygens (including phenoxy) is 1. The molecule has 28 heavy (non-hydrogen) atoms. The number of amides is 2. The van der Waals surface area contributed by atoms with E-state index in [-0.39, 0.29) is 23.8 Å². The number of carbonyl (C=O) groups is 2. The van der Waals surface area contributed by atoms with Crippen molar-refractivity contribution in [3.63, 3.8) is 0 Å². The van der Waals surface area contributed by atoms with Gasteiger partial charge < -0.3 is 14.5 Å². The second-order valence-corrected chi connectivity index (χ2v) is 7.57. The molecular weight excluding hydrogens is 356 g/mol. The second kappa shape index (κ2) is 8.14. The third-order valence-corrected chi connectivity index (χ3v) is 5.68. The first-order chi connectivity index (χ1) is 13.7. The molecule has 4 heterocycles. The Morgan fingerprint density at radius 3 is 2.82 bits per heavy atom. The molecule has 0 saturated carbocycles. The standard InChI is InChI=1S/C21H26N4O3/c1-28-10-9-25-19-8-7-17(21(25)27)13-23(15-19)20(26)18-11-22-24(14-18)12-16-5-3-2-4-6-16/h2-6,11,14,17,19H,7-10,12-13,15H2,1H3/t17-,19+/m1/s1. The van der Waals surface area contributed by atoms with Crippen LogP contribution in [0.15, 0.2) is 42.7 Å². The number of fused-ring (bicyclic) bond motifs is 4. The van der Waals surface area contributed by atoms with E-state index in [2.05, 4.69) is 5.10 Å². The van der Waals surface area contributed by atoms with Gasteiger partial charge in [-0.2, -0.15) is 5.10 Å². The van der Waals surface area contributed by atoms with E-state index in [1.54, 1.807) is 24.2 Å². The van der Waals surface area contributed by atoms with Crippen LogP contribution in [-0.4, -0.2) is 70.8 Å². The molecule has 0 N–H and O–H groups in total. The lowest BCUT2D eigenvalue weighted by Gasteiger charge is -2.35. The van der Waals surface area contributed by atoms with E-state index in [9.17, 15) is 9.59 Å². The summed E-state index contributed by atoms with van der Waals surface area (Å²) in [7, 11) is 1.64. The van der Waals surface area contributed by atoms with E-state index in [1.165, 1.54) is 0 Å². The molecule has 3 aliphatic heterocycles. The van der Waals surface area contributed by atoms with Crippen LogP contribution in [0.25, 0.3) is 0 Å². The number of rotatable bonds is 6. The molecule has 2 aromatic rings. The Kier molecular flexibility index (Phi) is 5.43. The average Bonchev–Trinajstić information content (AvgIpc) is 3.00. The first kappa shape index (κ1) is 18.7. The summed E-state index contributed by atoms with van der Waals surface area (Å²) < 4.78 is 6.93. The Morgan fingerprint density at radius 2 is 2.04 bits per heavy atom. The molecule has 5 rings (SSSR count). The van der Waals surface area contributed by atoms with Crippen molar-refractivity contribution in [2.75, 3.05) is 33.4 Å². The lowest BCUT2D eigenvalue weighted by Crippen LogP contribution is -2.49. The minimum atomic E-state index is -0.112. The van der Waals surface area contributed by atoms with Gasteiger partial charge in [0.05, 0.1) is 30.8 Å². The van der Waals surface area contributed by atoms with Gasteiger partial charge in [0, 0.05) is 39.0 Å². The highest BCUT2D eigenvalue weighted by Gasteiger charge is 2.41. The van der Waals surface area contributed by atoms with Crippen molar-refractivity contribution < 1.29 is 14.3 Å². The van der Waals surface area contributed by atoms with Gasteiger partial charge in [0.15, 0.2) is 0 Å². The van der Waals surface area contributed by atoms with Crippen LogP contribution in [-0.2, 0) is 16.1 Å². The number of carbonyl (C=O) groups excluding carboxylic acids is 2. The summed E-state index contributed by atoms with van der Waals surface area (Å²) in [4.78, 5) is 29.6. The van der Waals surface area contributed by atoms with Gasteiger partial charge in [0.2, 0.25) is 5.91 Å². The summed E-state index contributed by atoms with van der Waals surface area (Å²) >= 11 is 0. The monoisotopic (exact) mass is 382 g/mol. The predicted octanol–water partition coefficient (Wildman–Crippen LogP) is 1.64. The van der Waals surface area contributed by atoms with Crippen LogP contribution in [0.4, 0.5) is 0 Å². The second-order valence-electron chi connectivity index (χ2n) is 7.57. The van der Waals surface area contributed by atoms with Crippen molar-refractivity contribution in [1.29, 1.82) is 0 Å². The summed E-state index contributed by atoms with van der Waals surface area (Å²) in [6.45, 7) is 2.81. The van der Waals surface area contributed by atoms with E-state index in [4.69, 9.17) is 4.74 Å². The maximum Gasteiger partial charge on any atom is 0.257 e. The highest BCUT2D eigenvalue weighted by molar-refractivity contribution is 5.94. The van der Waals surface area contributed by atoms with Crippen LogP contribution in [0.5, 0.6) is 0 Å². The molecule has 3 aliphatic rings. The fourth-order valence-corrected chi connectivity index (χ4v) is 4.20. The van der Waals surface area contributed by atoms with Gasteiger partial charge in [0.25, 0.3) is 5.91 Å². The molecule has 2 bridgehead atoms. The fourth-order valence-electron chi connectivity index (χ4n) is 4.20. The first-order valence-corrected chi connectivity index (χ1v) is 9.81. The van der Waals surface area contributed by atoms with Crippen LogP contribution in [0.2, 0.25) is 0 Å². The molecule has 1 aromatic heterocycles. The van der Waals surface area contributed by atoms with E-state index in [0.29, 0.717) is 38.3 Å². The summed E-state index contributed by atoms with van der Waals surface area (Å²) in [6.07, 6.45) is 5.22. The molecule has 0 aliphatic carbocycles. The van der Waals surface area contributed by atoms with E-state index in [1.807, 2.05) is 40.1 Å². The van der Waals surface area contributed by atoms with Gasteiger partial charge >= 0.3 is 0 Å². The summed E-state index contributed by atoms with van der Waals surface area (Å²) in [6, 6.07) is 10.1. The van der Waals surface area contributed by atoms with Crippen molar-refractivity contribution in [2.45, 2.75) is 25.4 Å². The van der Waals surface area contributed by atoms with Crippen LogP contribution < -0.4 is 0 Å². The van der Waals surface area contributed by atoms with Gasteiger partial charge in [0.1, 0.15) is 0 Å². The van der Waals surface area contributed by atoms with Crippen LogP contribution in [0.1, 0.15) is 28.8 Å². The van der Waals surface area contributed by atoms with E-state index in [0.717, 1.165) is 18.4 Å². The number of nitrogens with zero attached hydrogens (tertiary/aromatic N) is 4. The number of hydrogen-bond acceptors (Lipinski definition) is 4. The molecule has 3 fully saturated rings. The Morgan fingerprint density at radius 1 is 1.21 bits per heavy atom. The minimum Gasteiger partial charge on any atom is -0.383 e. The molecule has 2 atom stereocenters. The number of benzene rings is 1. The number of hydrogen-bond donors (Lipinski definition) is 0. The number of piperidine rings is 1. The SMILES string of the molecule is COCCN1C(=O)[C@@H]2CC[C@H]1CN(C(=O)c1cnn(Cc3ccccc3)c1)C2. The Bertz CT molecular complexity index is 835. The molecule has 7 heteroatoms. The van der Waals surface area contributed by atoms with Crippen molar-refractivity contribution >= 4 is 11.8 Å². The van der Waals surface area contributed by atoms with Gasteiger partial charge in [-0.05, 0) is 18.4 Å². The fraction of sp³-hybridized carbons (Fsp3) is 0.476. The molecule has 1 aromatic carbocycles. The van der Waals surface area contributed by atoms with Crippen LogP contribution in [0, 0.1) is 5.92 Å². The molecule has 3 saturated heterocycles. The highest BCUT2D eigenvalue weighted by Crippen LogP contribution is 2.29. The number of methoxy groups -OCH3 is 1. The first-order valence-electron chi connectivity index (χ1n) is 9.81. The van der Waals surface area contributed by atoms with Gasteiger partial charge in [-0.1, -0.05) is 30.3 Å². The van der Waals surface area contributed by atoms with Crippen molar-refractivity contribution in [3.8, 4) is 0 Å². The largest absolute Gasteiger partial charge is 0.383 e. The smallest absolute Gasteiger partial charge is 0.257 e. The molecule has 0 spiro atoms. The normalized spacial score (nSPS) is 21.8. The summed E-state index contributed by atoms with van der Waals surface area (Å²) in [5.41, 5.74) is 1.71. The van der Waals surface area contributed by atoms with Crippen LogP contribution in [0.3, 0.4) is 0 Å². The van der Waals surface area contributed by atoms with Gasteiger partial charge in [-0.3, -0.25) is 14.3 Å². The summed E-state index contributed by atoms with van der Waals surface area (Å²) in [5.74, 6) is -0.0000965. The number of aromatic nitrogens is 2. The van der Waals surface area contributed by atoms with Crippen LogP contribution >= 0.6 is 0 Å². The lowest BCUT2D eigenvalue weighted by molar-refractivity contribution is -0.140. The Balaban J connectivity index is 1.46. The van der Waals surface area contributed by atoms with Gasteiger partial charge in [-0.15, -0.1) is 0 Å². The van der Waals surface area contributed by atoms with Crippen molar-refractivity contribution in [2.24, 2.45) is 5.92 Å². The predicted molar refractivity (Wildman–Crippen MR) is 104 cm³/mol. The Hall–Kier alpha value is -2.67. The molecule has 0 unspecified atom stereocenters. The molecule has 7 nitrogen and oxygen atoms in total. The third-order valence-electron chi connectivity index (χ3n) is 5.68. The van der Waals surface area contributed by atoms with E-state index >= 15 is 0 Å². The zero-order valence-corrected chi connectivity index (χ0v) is 16.2. The maximum atomic E-state index is 13.1. The van der Waals surface area contributed by atoms with Crippen molar-refractivity contribution in [1.82, 2.24) is 19.6 Å². The quantitative estimate of drug-likeness (QED) is 0.762. The summed E-state index contributed by atoms with van der Waals surface area (Å²) in [5, 5.41) is 4.35. The zero-order chi connectivity index (χ0) is 19.5. The highest BCUT2D eigenvalue weighted by atomic mass is 16.5. The maximum absolute atomic E-state index is 13.1. The molecule has 0 radical (unpaired) electrons.